The Labute approximate surface area is 414 Å². The van der Waals surface area contributed by atoms with Crippen LogP contribution >= 0.6 is 45.2 Å². The molecule has 0 saturated carbocycles. The molecule has 338 valence electrons. The molecular weight excluding hydrogens is 956 g/mol. The van der Waals surface area contributed by atoms with Crippen molar-refractivity contribution in [3.05, 3.63) is 221 Å². The molecule has 2 heterocycles. The maximum absolute atomic E-state index is 2.38. The van der Waals surface area contributed by atoms with Crippen molar-refractivity contribution >= 4 is 77.0 Å². The predicted octanol–water partition coefficient (Wildman–Crippen LogP) is 14.1. The average molecular weight is 1030 g/mol. The summed E-state index contributed by atoms with van der Waals surface area (Å²) < 4.78 is 0. The summed E-state index contributed by atoms with van der Waals surface area (Å²) in [7, 11) is -1.25. The zero-order chi connectivity index (χ0) is 40.9. The maximum atomic E-state index is 2.38. The summed E-state index contributed by atoms with van der Waals surface area (Å²) in [6.07, 6.45) is 28.1. The van der Waals surface area contributed by atoms with Gasteiger partial charge in [0.1, 0.15) is 0 Å². The van der Waals surface area contributed by atoms with E-state index in [4.69, 9.17) is 0 Å². The molecule has 0 nitrogen and oxygen atoms in total. The number of allylic oxidation sites excluding steroid dienone is 4. The van der Waals surface area contributed by atoms with Gasteiger partial charge in [0.25, 0.3) is 0 Å². The minimum atomic E-state index is -0.675. The van der Waals surface area contributed by atoms with Gasteiger partial charge in [-0.2, -0.15) is 13.5 Å². The largest absolute Gasteiger partial charge is 3.00 e. The van der Waals surface area contributed by atoms with Crippen molar-refractivity contribution in [3.63, 3.8) is 0 Å². The van der Waals surface area contributed by atoms with Gasteiger partial charge in [0.05, 0.1) is 41.8 Å². The van der Waals surface area contributed by atoms with Gasteiger partial charge in [-0.25, -0.2) is 0 Å². The van der Waals surface area contributed by atoms with Gasteiger partial charge in [0, 0.05) is 14.3 Å². The zero-order valence-electron chi connectivity index (χ0n) is 38.4. The van der Waals surface area contributed by atoms with E-state index in [-0.39, 0.29) is 71.6 Å². The molecule has 6 aromatic rings. The fourth-order valence-electron chi connectivity index (χ4n) is 9.17. The fraction of sp³-hybridized carbons (Fsp3) is 0.276. The van der Waals surface area contributed by atoms with Crippen LogP contribution in [0.5, 0.6) is 0 Å². The van der Waals surface area contributed by atoms with Crippen LogP contribution in [0.4, 0.5) is 0 Å². The van der Waals surface area contributed by atoms with Gasteiger partial charge in [-0.1, -0.05) is 178 Å². The predicted molar refractivity (Wildman–Crippen MR) is 302 cm³/mol. The van der Waals surface area contributed by atoms with Crippen molar-refractivity contribution in [3.8, 4) is 0 Å². The monoisotopic (exact) mass is 1030 g/mol. The number of hydrogen-bond acceptors (Lipinski definition) is 0. The van der Waals surface area contributed by atoms with Crippen molar-refractivity contribution in [2.45, 2.75) is 75.5 Å². The summed E-state index contributed by atoms with van der Waals surface area (Å²) in [5.74, 6) is 0. The Hall–Kier alpha value is -2.51. The van der Waals surface area contributed by atoms with E-state index in [2.05, 4.69) is 206 Å². The van der Waals surface area contributed by atoms with Gasteiger partial charge in [-0.05, 0) is 136 Å². The van der Waals surface area contributed by atoms with Crippen LogP contribution in [-0.2, 0) is 19.5 Å². The van der Waals surface area contributed by atoms with Gasteiger partial charge in [0.2, 0.25) is 0 Å². The zero-order valence-corrected chi connectivity index (χ0v) is 44.8. The molecule has 0 radical (unpaired) electrons. The molecule has 0 spiro atoms. The second-order valence-corrected chi connectivity index (χ2v) is 26.8. The second-order valence-electron chi connectivity index (χ2n) is 16.3. The minimum absolute atomic E-state index is 0. The van der Waals surface area contributed by atoms with Crippen LogP contribution in [0.1, 0.15) is 64.2 Å². The Kier molecular flexibility index (Phi) is 28.1. The van der Waals surface area contributed by atoms with Crippen molar-refractivity contribution in [2.75, 3.05) is 24.6 Å². The number of rotatable bonds is 12. The molecule has 0 N–H and O–H groups in total. The van der Waals surface area contributed by atoms with E-state index in [1.165, 1.54) is 99.5 Å². The first-order valence-corrected chi connectivity index (χ1v) is 29.3. The van der Waals surface area contributed by atoms with E-state index >= 15 is 0 Å². The van der Waals surface area contributed by atoms with E-state index in [9.17, 15) is 0 Å². The molecule has 9 rings (SSSR count). The molecule has 6 aromatic carbocycles. The number of benzene rings is 6. The van der Waals surface area contributed by atoms with E-state index < -0.39 is 7.92 Å². The molecular formula is C58H74P4RhS+3. The van der Waals surface area contributed by atoms with Gasteiger partial charge in [0.15, 0.2) is 0 Å². The first kappa shape index (κ1) is 55.8. The van der Waals surface area contributed by atoms with Crippen LogP contribution in [-0.4, -0.2) is 36.0 Å². The number of hydrogen-bond donors (Lipinski definition) is 0. The Morgan fingerprint density at radius 2 is 0.953 bits per heavy atom. The molecule has 4 atom stereocenters. The summed E-state index contributed by atoms with van der Waals surface area (Å²) in [5, 5.41) is 9.46. The van der Waals surface area contributed by atoms with E-state index in [1.54, 1.807) is 21.2 Å². The summed E-state index contributed by atoms with van der Waals surface area (Å²) in [6, 6.07) is 67.5. The topological polar surface area (TPSA) is 0 Å². The minimum Gasteiger partial charge on any atom is -0.358 e. The molecule has 3 aliphatic rings. The van der Waals surface area contributed by atoms with Gasteiger partial charge in [-0.3, -0.25) is 0 Å². The standard InChI is InChI=1S/2C24H26P2.C8H12.2CH3.Rh.H2S/c2*1-4-11-21(12-5-1)25-19-10-17-24(25)18-20-26(22-13-6-2-7-14-22)23-15-8-3-9-16-23;1-2-4-6-8-7-5-3-1;;;;/h2*1-9,11-16,24H,10,17-20H2;1-2,7-8H,3-6H2;2*1H3;;1H2/q;;;2*-1;+3;/p+2/b;;2-1-,8-7?;;;;/t24-,25?;24-,25+;;;;;/m11...../s1. The third-order valence-corrected chi connectivity index (χ3v) is 24.3. The summed E-state index contributed by atoms with van der Waals surface area (Å²) in [5.41, 5.74) is 1.86. The van der Waals surface area contributed by atoms with Crippen molar-refractivity contribution < 1.29 is 19.5 Å². The normalized spacial score (nSPS) is 19.0. The first-order chi connectivity index (χ1) is 29.8. The van der Waals surface area contributed by atoms with Crippen molar-refractivity contribution in [1.29, 1.82) is 0 Å². The summed E-state index contributed by atoms with van der Waals surface area (Å²) >= 11 is 0. The van der Waals surface area contributed by atoms with Crippen LogP contribution in [0.25, 0.3) is 0 Å². The van der Waals surface area contributed by atoms with Crippen molar-refractivity contribution in [1.82, 2.24) is 0 Å². The first-order valence-electron chi connectivity index (χ1n) is 22.7. The molecule has 6 heteroatoms. The van der Waals surface area contributed by atoms with Crippen LogP contribution in [0.3, 0.4) is 0 Å². The Morgan fingerprint density at radius 1 is 0.516 bits per heavy atom. The Morgan fingerprint density at radius 3 is 1.44 bits per heavy atom. The Balaban J connectivity index is 0.000000275. The average Bonchev–Trinajstić information content (AvgIpc) is 3.99. The molecule has 2 fully saturated rings. The third-order valence-electron chi connectivity index (χ3n) is 12.2. The van der Waals surface area contributed by atoms with Crippen LogP contribution in [0.2, 0.25) is 0 Å². The van der Waals surface area contributed by atoms with E-state index in [0.29, 0.717) is 0 Å². The molecule has 1 aliphatic carbocycles. The molecule has 2 saturated heterocycles. The second kappa shape index (κ2) is 32.2. The molecule has 2 aliphatic heterocycles. The quantitative estimate of drug-likeness (QED) is 0.0496. The van der Waals surface area contributed by atoms with Crippen LogP contribution < -0.4 is 31.8 Å². The smallest absolute Gasteiger partial charge is 0.358 e. The molecule has 1 unspecified atom stereocenters. The summed E-state index contributed by atoms with van der Waals surface area (Å²) in [6.45, 7) is 0. The molecule has 0 bridgehead atoms. The maximum Gasteiger partial charge on any atom is 3.00 e. The van der Waals surface area contributed by atoms with Crippen molar-refractivity contribution in [2.24, 2.45) is 0 Å². The van der Waals surface area contributed by atoms with E-state index in [1.807, 2.05) is 0 Å². The van der Waals surface area contributed by atoms with E-state index in [0.717, 1.165) is 11.3 Å². The Bertz CT molecular complexity index is 1860. The third kappa shape index (κ3) is 17.6. The van der Waals surface area contributed by atoms with Gasteiger partial charge in [-0.15, -0.1) is 0 Å². The molecule has 0 amide bonds. The van der Waals surface area contributed by atoms with Crippen LogP contribution in [0.15, 0.2) is 206 Å². The molecule has 64 heavy (non-hydrogen) atoms. The van der Waals surface area contributed by atoms with Gasteiger partial charge >= 0.3 is 19.5 Å². The summed E-state index contributed by atoms with van der Waals surface area (Å²) in [4.78, 5) is 0. The molecule has 0 aromatic heterocycles. The fourth-order valence-corrected chi connectivity index (χ4v) is 21.3. The SMILES string of the molecule is C1=CCC/C=C\CC1.S.[CH3-].[CH3-].[Rh+3].c1ccc(P(CC[C@H]2CCC[P@@]2c2ccccc2)c2ccccc2)cc1.c1ccc([PH+](CC[C@H]2CCC[PH+]2c2ccccc2)c2ccccc2)cc1. The van der Waals surface area contributed by atoms with Crippen LogP contribution in [0, 0.1) is 14.9 Å². The van der Waals surface area contributed by atoms with Gasteiger partial charge < -0.3 is 14.9 Å².